The molecule has 0 saturated carbocycles. The molecule has 0 heterocycles. The van der Waals surface area contributed by atoms with E-state index in [1.54, 1.807) is 0 Å². The highest BCUT2D eigenvalue weighted by Gasteiger charge is 2.23. The largest absolute Gasteiger partial charge is 0.0613 e. The van der Waals surface area contributed by atoms with E-state index in [1.807, 2.05) is 0 Å². The van der Waals surface area contributed by atoms with Gasteiger partial charge < -0.3 is 0 Å². The minimum atomic E-state index is 0.115. The summed E-state index contributed by atoms with van der Waals surface area (Å²) in [6, 6.07) is 19.7. The maximum absolute atomic E-state index is 3.27. The van der Waals surface area contributed by atoms with Crippen molar-refractivity contribution in [2.24, 2.45) is 0 Å². The minimum Gasteiger partial charge on any atom is -0.0613 e. The number of benzene rings is 3. The molecule has 169 valence electrons. The minimum absolute atomic E-state index is 0.115. The fourth-order valence-electron chi connectivity index (χ4n) is 4.68. The van der Waals surface area contributed by atoms with Crippen molar-refractivity contribution < 1.29 is 0 Å². The molecule has 1 radical (unpaired) electrons. The van der Waals surface area contributed by atoms with Gasteiger partial charge in [-0.05, 0) is 99.2 Å². The summed E-state index contributed by atoms with van der Waals surface area (Å²) in [6.07, 6.45) is 2.05. The van der Waals surface area contributed by atoms with Crippen LogP contribution in [0.15, 0.2) is 42.5 Å². The lowest BCUT2D eigenvalue weighted by molar-refractivity contribution is 0.569. The maximum Gasteiger partial charge on any atom is -0.0119 e. The standard InChI is InChI=1S/C32H41/c1-11-23-16-25(29-21(3)14-13-15-22(29)4)17-24(12-2)30(23)26-18-27(31(5,6)7)20-28(19-26)32(8,9)10/h14-20H,11-12H2,1-10H3. The first-order valence-electron chi connectivity index (χ1n) is 12.2. The highest BCUT2D eigenvalue weighted by atomic mass is 14.3. The van der Waals surface area contributed by atoms with Crippen molar-refractivity contribution in [3.05, 3.63) is 81.9 Å². The van der Waals surface area contributed by atoms with E-state index >= 15 is 0 Å². The van der Waals surface area contributed by atoms with Gasteiger partial charge in [0.05, 0.1) is 0 Å². The summed E-state index contributed by atoms with van der Waals surface area (Å²) in [5.41, 5.74) is 14.1. The lowest BCUT2D eigenvalue weighted by Gasteiger charge is -2.27. The average molecular weight is 426 g/mol. The van der Waals surface area contributed by atoms with E-state index in [0.717, 1.165) is 12.8 Å². The Morgan fingerprint density at radius 2 is 1.00 bits per heavy atom. The summed E-state index contributed by atoms with van der Waals surface area (Å²) >= 11 is 0. The summed E-state index contributed by atoms with van der Waals surface area (Å²) in [6.45, 7) is 22.9. The van der Waals surface area contributed by atoms with Crippen molar-refractivity contribution in [3.63, 3.8) is 0 Å². The van der Waals surface area contributed by atoms with Gasteiger partial charge >= 0.3 is 0 Å². The topological polar surface area (TPSA) is 0 Å². The summed E-state index contributed by atoms with van der Waals surface area (Å²) < 4.78 is 0. The summed E-state index contributed by atoms with van der Waals surface area (Å²) in [4.78, 5) is 0. The molecule has 3 aromatic carbocycles. The van der Waals surface area contributed by atoms with Crippen molar-refractivity contribution >= 4 is 0 Å². The molecule has 0 amide bonds. The fraction of sp³-hybridized carbons (Fsp3) is 0.438. The second-order valence-electron chi connectivity index (χ2n) is 11.4. The van der Waals surface area contributed by atoms with Crippen LogP contribution in [0.5, 0.6) is 0 Å². The Morgan fingerprint density at radius 1 is 0.594 bits per heavy atom. The van der Waals surface area contributed by atoms with Crippen LogP contribution in [0.2, 0.25) is 0 Å². The predicted octanol–water partition coefficient (Wildman–Crippen LogP) is 9.16. The third-order valence-corrected chi connectivity index (χ3v) is 6.69. The van der Waals surface area contributed by atoms with Gasteiger partial charge in [-0.15, -0.1) is 0 Å². The molecule has 0 atom stereocenters. The Balaban J connectivity index is 2.34. The summed E-state index contributed by atoms with van der Waals surface area (Å²) in [7, 11) is 0. The fourth-order valence-corrected chi connectivity index (χ4v) is 4.68. The Bertz CT molecular complexity index is 1040. The molecule has 0 heteroatoms. The van der Waals surface area contributed by atoms with Crippen LogP contribution in [0.3, 0.4) is 0 Å². The van der Waals surface area contributed by atoms with Gasteiger partial charge in [0.1, 0.15) is 0 Å². The first kappa shape index (κ1) is 24.3. The molecule has 0 saturated heterocycles. The van der Waals surface area contributed by atoms with Crippen LogP contribution >= 0.6 is 0 Å². The second kappa shape index (κ2) is 8.89. The van der Waals surface area contributed by atoms with Gasteiger partial charge in [0.15, 0.2) is 0 Å². The van der Waals surface area contributed by atoms with Crippen LogP contribution in [-0.4, -0.2) is 0 Å². The van der Waals surface area contributed by atoms with Crippen LogP contribution < -0.4 is 0 Å². The zero-order valence-electron chi connectivity index (χ0n) is 22.0. The van der Waals surface area contributed by atoms with Crippen molar-refractivity contribution in [1.82, 2.24) is 0 Å². The zero-order valence-corrected chi connectivity index (χ0v) is 22.0. The smallest absolute Gasteiger partial charge is 0.0119 e. The van der Waals surface area contributed by atoms with Crippen molar-refractivity contribution in [2.75, 3.05) is 0 Å². The highest BCUT2D eigenvalue weighted by molar-refractivity contribution is 5.80. The Kier molecular flexibility index (Phi) is 6.75. The first-order chi connectivity index (χ1) is 14.9. The van der Waals surface area contributed by atoms with Crippen LogP contribution in [0, 0.1) is 19.9 Å². The van der Waals surface area contributed by atoms with E-state index in [1.165, 1.54) is 55.6 Å². The summed E-state index contributed by atoms with van der Waals surface area (Å²) in [5, 5.41) is 0. The van der Waals surface area contributed by atoms with E-state index in [-0.39, 0.29) is 10.8 Å². The molecule has 0 aliphatic rings. The van der Waals surface area contributed by atoms with Crippen molar-refractivity contribution in [2.45, 2.75) is 92.9 Å². The number of rotatable bonds is 4. The third-order valence-electron chi connectivity index (χ3n) is 6.69. The molecule has 32 heavy (non-hydrogen) atoms. The van der Waals surface area contributed by atoms with Crippen LogP contribution in [0.25, 0.3) is 22.3 Å². The molecule has 0 aliphatic heterocycles. The van der Waals surface area contributed by atoms with Crippen LogP contribution in [0.4, 0.5) is 0 Å². The molecule has 3 rings (SSSR count). The molecule has 0 aromatic heterocycles. The van der Waals surface area contributed by atoms with Gasteiger partial charge in [-0.25, -0.2) is 0 Å². The lowest BCUT2D eigenvalue weighted by atomic mass is 9.77. The average Bonchev–Trinajstić information content (AvgIpc) is 2.71. The molecule has 0 unspecified atom stereocenters. The number of hydrogen-bond acceptors (Lipinski definition) is 0. The van der Waals surface area contributed by atoms with Crippen molar-refractivity contribution in [1.29, 1.82) is 0 Å². The Morgan fingerprint density at radius 3 is 1.38 bits per heavy atom. The quantitative estimate of drug-likeness (QED) is 0.391. The predicted molar refractivity (Wildman–Crippen MR) is 142 cm³/mol. The molecular weight excluding hydrogens is 384 g/mol. The van der Waals surface area contributed by atoms with Gasteiger partial charge in [0, 0.05) is 0 Å². The number of aryl methyl sites for hydroxylation is 4. The highest BCUT2D eigenvalue weighted by Crippen LogP contribution is 2.39. The van der Waals surface area contributed by atoms with E-state index in [9.17, 15) is 0 Å². The van der Waals surface area contributed by atoms with Gasteiger partial charge in [0.2, 0.25) is 0 Å². The molecule has 0 spiro atoms. The normalized spacial score (nSPS) is 12.3. The van der Waals surface area contributed by atoms with Crippen LogP contribution in [0.1, 0.15) is 88.8 Å². The summed E-state index contributed by atoms with van der Waals surface area (Å²) in [5.74, 6) is 0. The molecular formula is C32H41. The molecule has 0 bridgehead atoms. The van der Waals surface area contributed by atoms with E-state index in [2.05, 4.69) is 118 Å². The van der Waals surface area contributed by atoms with Crippen molar-refractivity contribution in [3.8, 4) is 22.3 Å². The molecule has 0 aliphatic carbocycles. The van der Waals surface area contributed by atoms with E-state index in [4.69, 9.17) is 0 Å². The lowest BCUT2D eigenvalue weighted by Crippen LogP contribution is -2.16. The Labute approximate surface area is 197 Å². The molecule has 3 aromatic rings. The third kappa shape index (κ3) is 4.85. The first-order valence-corrected chi connectivity index (χ1v) is 12.2. The molecule has 0 N–H and O–H groups in total. The van der Waals surface area contributed by atoms with Gasteiger partial charge in [0.25, 0.3) is 0 Å². The van der Waals surface area contributed by atoms with E-state index < -0.39 is 0 Å². The Hall–Kier alpha value is -2.34. The number of hydrogen-bond donors (Lipinski definition) is 0. The van der Waals surface area contributed by atoms with Gasteiger partial charge in [-0.3, -0.25) is 0 Å². The molecule has 0 fully saturated rings. The monoisotopic (exact) mass is 425 g/mol. The second-order valence-corrected chi connectivity index (χ2v) is 11.4. The maximum atomic E-state index is 3.27. The van der Waals surface area contributed by atoms with Gasteiger partial charge in [-0.1, -0.05) is 97.9 Å². The van der Waals surface area contributed by atoms with Crippen LogP contribution in [-0.2, 0) is 23.7 Å². The SMILES string of the molecule is CCc1cc(-c2c(C)c[c]cc2C)cc(CC)c1-c1cc(C(C)(C)C)cc(C(C)(C)C)c1. The van der Waals surface area contributed by atoms with E-state index in [0.29, 0.717) is 0 Å². The zero-order chi connectivity index (χ0) is 23.8. The van der Waals surface area contributed by atoms with Gasteiger partial charge in [-0.2, -0.15) is 0 Å². The molecule has 0 nitrogen and oxygen atoms in total.